The minimum absolute atomic E-state index is 0.894. The third-order valence-corrected chi connectivity index (χ3v) is 4.91. The van der Waals surface area contributed by atoms with E-state index in [4.69, 9.17) is 4.74 Å². The Bertz CT molecular complexity index is 948. The van der Waals surface area contributed by atoms with Crippen LogP contribution < -0.4 is 9.64 Å². The Labute approximate surface area is 142 Å². The van der Waals surface area contributed by atoms with Crippen molar-refractivity contribution >= 4 is 28.4 Å². The maximum Gasteiger partial charge on any atom is 0.118 e. The van der Waals surface area contributed by atoms with Crippen LogP contribution in [0.2, 0.25) is 0 Å². The van der Waals surface area contributed by atoms with E-state index in [1.165, 1.54) is 39.0 Å². The zero-order valence-electron chi connectivity index (χ0n) is 14.6. The average Bonchev–Trinajstić information content (AvgIpc) is 2.87. The maximum absolute atomic E-state index is 5.27. The molecule has 2 aromatic carbocycles. The SMILES string of the molecule is COc1ccc(C2=Cc3c(n(C)c4ccc(C)cc34)N(C)C2)cc1. The number of aryl methyl sites for hydroxylation is 2. The van der Waals surface area contributed by atoms with Crippen LogP contribution >= 0.6 is 0 Å². The summed E-state index contributed by atoms with van der Waals surface area (Å²) in [4.78, 5) is 2.34. The van der Waals surface area contributed by atoms with Gasteiger partial charge in [-0.05, 0) is 48.4 Å². The number of anilines is 1. The summed E-state index contributed by atoms with van der Waals surface area (Å²) in [6, 6.07) is 15.0. The molecule has 0 saturated heterocycles. The fourth-order valence-corrected chi connectivity index (χ4v) is 3.71. The monoisotopic (exact) mass is 318 g/mol. The lowest BCUT2D eigenvalue weighted by atomic mass is 9.98. The van der Waals surface area contributed by atoms with Crippen LogP contribution in [0.1, 0.15) is 16.7 Å². The van der Waals surface area contributed by atoms with Crippen molar-refractivity contribution in [1.29, 1.82) is 0 Å². The second kappa shape index (κ2) is 5.45. The number of aromatic nitrogens is 1. The van der Waals surface area contributed by atoms with Crippen molar-refractivity contribution < 1.29 is 4.74 Å². The van der Waals surface area contributed by atoms with Crippen molar-refractivity contribution in [2.75, 3.05) is 25.6 Å². The summed E-state index contributed by atoms with van der Waals surface area (Å²) in [5, 5.41) is 1.32. The van der Waals surface area contributed by atoms with E-state index in [0.29, 0.717) is 0 Å². The van der Waals surface area contributed by atoms with Gasteiger partial charge in [0.2, 0.25) is 0 Å². The van der Waals surface area contributed by atoms with Crippen molar-refractivity contribution in [2.45, 2.75) is 6.92 Å². The lowest BCUT2D eigenvalue weighted by molar-refractivity contribution is 0.415. The van der Waals surface area contributed by atoms with E-state index in [1.807, 2.05) is 12.1 Å². The molecule has 0 fully saturated rings. The molecule has 0 aliphatic carbocycles. The first kappa shape index (κ1) is 14.9. The second-order valence-electron chi connectivity index (χ2n) is 6.57. The first-order valence-electron chi connectivity index (χ1n) is 8.23. The summed E-state index contributed by atoms with van der Waals surface area (Å²) in [6.07, 6.45) is 2.35. The van der Waals surface area contributed by atoms with Crippen molar-refractivity contribution in [3.05, 3.63) is 59.2 Å². The molecule has 1 aliphatic rings. The molecule has 122 valence electrons. The molecule has 0 bridgehead atoms. The quantitative estimate of drug-likeness (QED) is 0.693. The van der Waals surface area contributed by atoms with Crippen LogP contribution in [0.15, 0.2) is 42.5 Å². The number of hydrogen-bond acceptors (Lipinski definition) is 2. The highest BCUT2D eigenvalue weighted by atomic mass is 16.5. The Hall–Kier alpha value is -2.68. The van der Waals surface area contributed by atoms with Crippen LogP contribution in [-0.2, 0) is 7.05 Å². The number of likely N-dealkylation sites (N-methyl/N-ethyl adjacent to an activating group) is 1. The van der Waals surface area contributed by atoms with Gasteiger partial charge in [0.05, 0.1) is 12.6 Å². The largest absolute Gasteiger partial charge is 0.497 e. The second-order valence-corrected chi connectivity index (χ2v) is 6.57. The van der Waals surface area contributed by atoms with Gasteiger partial charge in [0.15, 0.2) is 0 Å². The van der Waals surface area contributed by atoms with E-state index in [0.717, 1.165) is 12.3 Å². The van der Waals surface area contributed by atoms with Crippen LogP contribution in [0, 0.1) is 6.92 Å². The Morgan fingerprint density at radius 1 is 1.00 bits per heavy atom. The molecular formula is C21H22N2O. The molecule has 0 N–H and O–H groups in total. The van der Waals surface area contributed by atoms with E-state index in [1.54, 1.807) is 7.11 Å². The van der Waals surface area contributed by atoms with Crippen LogP contribution in [0.25, 0.3) is 22.6 Å². The molecule has 2 heterocycles. The minimum Gasteiger partial charge on any atom is -0.497 e. The molecule has 0 spiro atoms. The summed E-state index contributed by atoms with van der Waals surface area (Å²) >= 11 is 0. The zero-order valence-corrected chi connectivity index (χ0v) is 14.6. The number of benzene rings is 2. The molecule has 0 amide bonds. The molecule has 0 saturated carbocycles. The first-order valence-corrected chi connectivity index (χ1v) is 8.23. The minimum atomic E-state index is 0.894. The van der Waals surface area contributed by atoms with Gasteiger partial charge in [-0.15, -0.1) is 0 Å². The van der Waals surface area contributed by atoms with Crippen molar-refractivity contribution in [2.24, 2.45) is 7.05 Å². The average molecular weight is 318 g/mol. The summed E-state index contributed by atoms with van der Waals surface area (Å²) < 4.78 is 7.57. The fraction of sp³-hybridized carbons (Fsp3) is 0.238. The van der Waals surface area contributed by atoms with Gasteiger partial charge in [-0.3, -0.25) is 0 Å². The van der Waals surface area contributed by atoms with Crippen molar-refractivity contribution in [3.63, 3.8) is 0 Å². The summed E-state index contributed by atoms with van der Waals surface area (Å²) in [7, 11) is 6.02. The maximum atomic E-state index is 5.27. The molecular weight excluding hydrogens is 296 g/mol. The molecule has 0 atom stereocenters. The van der Waals surface area contributed by atoms with Crippen LogP contribution in [0.5, 0.6) is 5.75 Å². The number of ether oxygens (including phenoxy) is 1. The lowest BCUT2D eigenvalue weighted by Crippen LogP contribution is -2.25. The van der Waals surface area contributed by atoms with E-state index in [-0.39, 0.29) is 0 Å². The predicted octanol–water partition coefficient (Wildman–Crippen LogP) is 4.49. The van der Waals surface area contributed by atoms with Gasteiger partial charge < -0.3 is 14.2 Å². The molecule has 3 heteroatoms. The van der Waals surface area contributed by atoms with Crippen molar-refractivity contribution in [1.82, 2.24) is 4.57 Å². The van der Waals surface area contributed by atoms with E-state index < -0.39 is 0 Å². The van der Waals surface area contributed by atoms with Gasteiger partial charge in [0, 0.05) is 31.6 Å². The number of methoxy groups -OCH3 is 1. The Balaban J connectivity index is 1.90. The molecule has 0 unspecified atom stereocenters. The van der Waals surface area contributed by atoms with Crippen LogP contribution in [-0.4, -0.2) is 25.3 Å². The molecule has 4 rings (SSSR count). The molecule has 3 nitrogen and oxygen atoms in total. The molecule has 1 aromatic heterocycles. The van der Waals surface area contributed by atoms with Gasteiger partial charge in [-0.1, -0.05) is 23.8 Å². The highest BCUT2D eigenvalue weighted by Crippen LogP contribution is 2.39. The molecule has 24 heavy (non-hydrogen) atoms. The number of hydrogen-bond donors (Lipinski definition) is 0. The normalized spacial score (nSPS) is 13.8. The van der Waals surface area contributed by atoms with Gasteiger partial charge in [0.25, 0.3) is 0 Å². The third kappa shape index (κ3) is 2.20. The summed E-state index contributed by atoms with van der Waals surface area (Å²) in [5.74, 6) is 2.18. The first-order chi connectivity index (χ1) is 11.6. The standard InChI is InChI=1S/C21H22N2O/c1-14-5-10-20-18(11-14)19-12-16(13-22(2)21(19)23(20)3)15-6-8-17(24-4)9-7-15/h5-12H,13H2,1-4H3. The lowest BCUT2D eigenvalue weighted by Gasteiger charge is -2.27. The van der Waals surface area contributed by atoms with Crippen molar-refractivity contribution in [3.8, 4) is 5.75 Å². The molecule has 0 radical (unpaired) electrons. The van der Waals surface area contributed by atoms with Crippen LogP contribution in [0.3, 0.4) is 0 Å². The number of nitrogens with zero attached hydrogens (tertiary/aromatic N) is 2. The number of rotatable bonds is 2. The Morgan fingerprint density at radius 3 is 2.46 bits per heavy atom. The Morgan fingerprint density at radius 2 is 1.75 bits per heavy atom. The topological polar surface area (TPSA) is 17.4 Å². The third-order valence-electron chi connectivity index (χ3n) is 4.91. The molecule has 3 aromatic rings. The summed E-state index contributed by atoms with van der Waals surface area (Å²) in [6.45, 7) is 3.06. The zero-order chi connectivity index (χ0) is 16.8. The van der Waals surface area contributed by atoms with Gasteiger partial charge in [-0.2, -0.15) is 0 Å². The molecule has 1 aliphatic heterocycles. The van der Waals surface area contributed by atoms with E-state index in [2.05, 4.69) is 66.9 Å². The van der Waals surface area contributed by atoms with E-state index in [9.17, 15) is 0 Å². The van der Waals surface area contributed by atoms with Gasteiger partial charge in [0.1, 0.15) is 11.6 Å². The van der Waals surface area contributed by atoms with Crippen LogP contribution in [0.4, 0.5) is 5.82 Å². The summed E-state index contributed by atoms with van der Waals surface area (Å²) in [5.41, 5.74) is 6.48. The Kier molecular flexibility index (Phi) is 3.38. The number of fused-ring (bicyclic) bond motifs is 3. The fourth-order valence-electron chi connectivity index (χ4n) is 3.71. The van der Waals surface area contributed by atoms with Gasteiger partial charge >= 0.3 is 0 Å². The highest BCUT2D eigenvalue weighted by Gasteiger charge is 2.22. The smallest absolute Gasteiger partial charge is 0.118 e. The van der Waals surface area contributed by atoms with E-state index >= 15 is 0 Å². The predicted molar refractivity (Wildman–Crippen MR) is 102 cm³/mol. The van der Waals surface area contributed by atoms with Gasteiger partial charge in [-0.25, -0.2) is 0 Å². The highest BCUT2D eigenvalue weighted by molar-refractivity contribution is 6.03.